The molecule has 0 radical (unpaired) electrons. The SMILES string of the molecule is CC(=O)OC[C@H]1O[C@@H](c2cc(CO[C@@H]3O[C@H](COC(C)=O)[C@H](OC(C)=O)[C@H](OC(C)=O)[C@H]3OC(C)=O)on2)[C@H](OC(C)=O)[C@@H](OC(C)=O)[C@H]1OC(C)=O. The Morgan fingerprint density at radius 2 is 0.925 bits per heavy atom. The van der Waals surface area contributed by atoms with Gasteiger partial charge in [-0.25, -0.2) is 0 Å². The van der Waals surface area contributed by atoms with Crippen LogP contribution in [-0.2, 0) is 97.1 Å². The number of esters is 8. The van der Waals surface area contributed by atoms with Crippen molar-refractivity contribution in [3.05, 3.63) is 17.5 Å². The molecule has 0 aromatic carbocycles. The molecule has 2 fully saturated rings. The molecule has 2 saturated heterocycles. The molecule has 2 aliphatic heterocycles. The van der Waals surface area contributed by atoms with Crippen molar-refractivity contribution < 1.29 is 95.0 Å². The topological polar surface area (TPSA) is 264 Å². The van der Waals surface area contributed by atoms with Gasteiger partial charge < -0.3 is 56.6 Å². The fourth-order valence-corrected chi connectivity index (χ4v) is 5.48. The maximum atomic E-state index is 12.2. The van der Waals surface area contributed by atoms with Crippen molar-refractivity contribution in [1.82, 2.24) is 5.16 Å². The molecule has 1 aromatic heterocycles. The van der Waals surface area contributed by atoms with Gasteiger partial charge in [-0.05, 0) is 0 Å². The monoisotopic (exact) mass is 759 g/mol. The highest BCUT2D eigenvalue weighted by molar-refractivity contribution is 5.70. The first kappa shape index (κ1) is 42.3. The molecule has 21 nitrogen and oxygen atoms in total. The van der Waals surface area contributed by atoms with Crippen molar-refractivity contribution in [3.8, 4) is 0 Å². The van der Waals surface area contributed by atoms with E-state index in [-0.39, 0.29) is 11.5 Å². The molecule has 0 N–H and O–H groups in total. The van der Waals surface area contributed by atoms with Crippen molar-refractivity contribution in [2.24, 2.45) is 0 Å². The lowest BCUT2D eigenvalue weighted by molar-refractivity contribution is -0.311. The lowest BCUT2D eigenvalue weighted by atomic mass is 9.92. The average Bonchev–Trinajstić information content (AvgIpc) is 3.50. The summed E-state index contributed by atoms with van der Waals surface area (Å²) in [4.78, 5) is 96.0. The van der Waals surface area contributed by atoms with Crippen LogP contribution < -0.4 is 0 Å². The fraction of sp³-hybridized carbons (Fsp3) is 0.656. The molecule has 0 aliphatic carbocycles. The highest BCUT2D eigenvalue weighted by atomic mass is 16.7. The predicted molar refractivity (Wildman–Crippen MR) is 164 cm³/mol. The normalized spacial score (nSPS) is 28.0. The van der Waals surface area contributed by atoms with Crippen molar-refractivity contribution in [1.29, 1.82) is 0 Å². The smallest absolute Gasteiger partial charge is 0.303 e. The lowest BCUT2D eigenvalue weighted by Gasteiger charge is -2.44. The first-order valence-corrected chi connectivity index (χ1v) is 16.0. The van der Waals surface area contributed by atoms with E-state index in [0.717, 1.165) is 55.4 Å². The van der Waals surface area contributed by atoms with E-state index in [1.807, 2.05) is 0 Å². The van der Waals surface area contributed by atoms with Crippen LogP contribution in [-0.4, -0.2) is 121 Å². The molecule has 0 spiro atoms. The van der Waals surface area contributed by atoms with Crippen LogP contribution in [0.15, 0.2) is 10.6 Å². The maximum absolute atomic E-state index is 12.2. The first-order chi connectivity index (χ1) is 24.9. The highest BCUT2D eigenvalue weighted by Crippen LogP contribution is 2.38. The van der Waals surface area contributed by atoms with Gasteiger partial charge in [-0.2, -0.15) is 0 Å². The van der Waals surface area contributed by atoms with Gasteiger partial charge in [0, 0.05) is 61.5 Å². The summed E-state index contributed by atoms with van der Waals surface area (Å²) in [5, 5.41) is 3.98. The van der Waals surface area contributed by atoms with Crippen LogP contribution in [0.2, 0.25) is 0 Å². The second-order valence-electron chi connectivity index (χ2n) is 11.7. The molecule has 0 saturated carbocycles. The molecular weight excluding hydrogens is 718 g/mol. The summed E-state index contributed by atoms with van der Waals surface area (Å²) >= 11 is 0. The standard InChI is InChI=1S/C32H41NO20/c1-13(34)42-11-23-26(45-15(3)36)29(48-18(6)39)28(47-17(5)38)25(51-23)22-9-21(53-33-22)10-44-32-31(50-20(8)41)30(49-19(7)40)27(46-16(4)37)24(52-32)12-43-14(2)35/h9,23-32H,10-12H2,1-8H3/t23-,24-,25+,26+,27+,28+,29+,30+,31-,32-/m1/s1. The number of rotatable bonds is 14. The summed E-state index contributed by atoms with van der Waals surface area (Å²) in [6, 6.07) is 1.30. The number of hydrogen-bond acceptors (Lipinski definition) is 21. The lowest BCUT2D eigenvalue weighted by Crippen LogP contribution is -2.62. The van der Waals surface area contributed by atoms with Gasteiger partial charge in [0.2, 0.25) is 0 Å². The number of nitrogens with zero attached hydrogens (tertiary/aromatic N) is 1. The van der Waals surface area contributed by atoms with E-state index in [1.165, 1.54) is 6.07 Å². The van der Waals surface area contributed by atoms with Crippen LogP contribution >= 0.6 is 0 Å². The Bertz CT molecular complexity index is 1520. The third kappa shape index (κ3) is 12.5. The predicted octanol–water partition coefficient (Wildman–Crippen LogP) is 0.0724. The second-order valence-corrected chi connectivity index (χ2v) is 11.7. The van der Waals surface area contributed by atoms with Gasteiger partial charge in [-0.3, -0.25) is 38.4 Å². The Morgan fingerprint density at radius 1 is 0.528 bits per heavy atom. The Labute approximate surface area is 302 Å². The van der Waals surface area contributed by atoms with Gasteiger partial charge in [0.05, 0.1) is 0 Å². The summed E-state index contributed by atoms with van der Waals surface area (Å²) in [6.07, 6.45) is -14.3. The molecular formula is C32H41NO20. The van der Waals surface area contributed by atoms with Gasteiger partial charge >= 0.3 is 47.8 Å². The molecule has 0 unspecified atom stereocenters. The minimum atomic E-state index is -1.56. The summed E-state index contributed by atoms with van der Waals surface area (Å²) in [6.45, 7) is 7.20. The summed E-state index contributed by atoms with van der Waals surface area (Å²) < 4.78 is 65.9. The van der Waals surface area contributed by atoms with Crippen molar-refractivity contribution in [3.63, 3.8) is 0 Å². The van der Waals surface area contributed by atoms with Crippen molar-refractivity contribution >= 4 is 47.8 Å². The van der Waals surface area contributed by atoms with Crippen LogP contribution in [0.1, 0.15) is 72.9 Å². The van der Waals surface area contributed by atoms with Crippen LogP contribution in [0.4, 0.5) is 0 Å². The number of hydrogen-bond donors (Lipinski definition) is 0. The number of carbonyl (C=O) groups is 8. The molecule has 1 aromatic rings. The van der Waals surface area contributed by atoms with E-state index < -0.39 is 129 Å². The van der Waals surface area contributed by atoms with Crippen molar-refractivity contribution in [2.45, 2.75) is 123 Å². The summed E-state index contributed by atoms with van der Waals surface area (Å²) in [5.74, 6) is -6.47. The van der Waals surface area contributed by atoms with E-state index in [1.54, 1.807) is 0 Å². The third-order valence-electron chi connectivity index (χ3n) is 7.20. The molecule has 3 heterocycles. The van der Waals surface area contributed by atoms with E-state index in [0.29, 0.717) is 0 Å². The van der Waals surface area contributed by atoms with Crippen LogP contribution in [0.3, 0.4) is 0 Å². The maximum Gasteiger partial charge on any atom is 0.303 e. The Balaban J connectivity index is 1.97. The van der Waals surface area contributed by atoms with E-state index in [2.05, 4.69) is 5.16 Å². The quantitative estimate of drug-likeness (QED) is 0.179. The van der Waals surface area contributed by atoms with Gasteiger partial charge in [0.15, 0.2) is 48.7 Å². The van der Waals surface area contributed by atoms with Crippen LogP contribution in [0.5, 0.6) is 0 Å². The molecule has 10 atom stereocenters. The number of ether oxygens (including phenoxy) is 11. The molecule has 294 valence electrons. The zero-order valence-electron chi connectivity index (χ0n) is 30.1. The molecule has 53 heavy (non-hydrogen) atoms. The van der Waals surface area contributed by atoms with Crippen molar-refractivity contribution in [2.75, 3.05) is 13.2 Å². The Hall–Kier alpha value is -5.15. The van der Waals surface area contributed by atoms with Crippen LogP contribution in [0, 0.1) is 0 Å². The average molecular weight is 760 g/mol. The molecule has 3 rings (SSSR count). The summed E-state index contributed by atoms with van der Waals surface area (Å²) in [7, 11) is 0. The van der Waals surface area contributed by atoms with E-state index >= 15 is 0 Å². The largest absolute Gasteiger partial charge is 0.463 e. The summed E-state index contributed by atoms with van der Waals surface area (Å²) in [5.41, 5.74) is -0.0531. The Kier molecular flexibility index (Phi) is 15.2. The van der Waals surface area contributed by atoms with Crippen LogP contribution in [0.25, 0.3) is 0 Å². The van der Waals surface area contributed by atoms with E-state index in [9.17, 15) is 38.4 Å². The third-order valence-corrected chi connectivity index (χ3v) is 7.20. The first-order valence-electron chi connectivity index (χ1n) is 16.0. The zero-order chi connectivity index (χ0) is 39.6. The fourth-order valence-electron chi connectivity index (χ4n) is 5.48. The number of aromatic nitrogens is 1. The molecule has 0 bridgehead atoms. The van der Waals surface area contributed by atoms with Gasteiger partial charge in [0.25, 0.3) is 0 Å². The minimum absolute atomic E-state index is 0.0410. The second kappa shape index (κ2) is 19.1. The van der Waals surface area contributed by atoms with Gasteiger partial charge in [-0.15, -0.1) is 0 Å². The molecule has 21 heteroatoms. The number of carbonyl (C=O) groups excluding carboxylic acids is 8. The molecule has 2 aliphatic rings. The molecule has 0 amide bonds. The van der Waals surface area contributed by atoms with E-state index in [4.69, 9.17) is 56.6 Å². The van der Waals surface area contributed by atoms with Gasteiger partial charge in [-0.1, -0.05) is 5.16 Å². The minimum Gasteiger partial charge on any atom is -0.463 e. The highest BCUT2D eigenvalue weighted by Gasteiger charge is 2.55. The van der Waals surface area contributed by atoms with Gasteiger partial charge in [0.1, 0.15) is 43.8 Å². The Morgan fingerprint density at radius 3 is 1.38 bits per heavy atom. The zero-order valence-corrected chi connectivity index (χ0v) is 30.1.